The number of ether oxygens (including phenoxy) is 1. The Hall–Kier alpha value is -2.97. The van der Waals surface area contributed by atoms with Gasteiger partial charge in [-0.2, -0.15) is 0 Å². The minimum absolute atomic E-state index is 0.142. The van der Waals surface area contributed by atoms with Gasteiger partial charge in [0.1, 0.15) is 11.3 Å². The smallest absolute Gasteiger partial charge is 0.298 e. The average molecular weight is 415 g/mol. The number of halogens is 1. The van der Waals surface area contributed by atoms with Gasteiger partial charge >= 0.3 is 0 Å². The molecular weight excluding hydrogens is 400 g/mol. The van der Waals surface area contributed by atoms with Gasteiger partial charge in [0, 0.05) is 18.5 Å². The second-order valence-electron chi connectivity index (χ2n) is 6.00. The lowest BCUT2D eigenvalue weighted by Gasteiger charge is -2.18. The van der Waals surface area contributed by atoms with Crippen LogP contribution in [0.4, 0.5) is 5.13 Å². The fourth-order valence-corrected chi connectivity index (χ4v) is 3.97. The highest BCUT2D eigenvalue weighted by Gasteiger charge is 2.26. The maximum Gasteiger partial charge on any atom is 0.298 e. The van der Waals surface area contributed by atoms with E-state index in [2.05, 4.69) is 15.1 Å². The number of aromatic nitrogens is 3. The highest BCUT2D eigenvalue weighted by Crippen LogP contribution is 2.39. The molecule has 0 N–H and O–H groups in total. The molecule has 7 nitrogen and oxygen atoms in total. The predicted molar refractivity (Wildman–Crippen MR) is 107 cm³/mol. The summed E-state index contributed by atoms with van der Waals surface area (Å²) in [4.78, 5) is 23.3. The van der Waals surface area contributed by atoms with Crippen molar-refractivity contribution >= 4 is 44.2 Å². The Balaban J connectivity index is 1.82. The van der Waals surface area contributed by atoms with E-state index in [1.54, 1.807) is 44.6 Å². The van der Waals surface area contributed by atoms with E-state index in [0.29, 0.717) is 33.7 Å². The van der Waals surface area contributed by atoms with E-state index in [0.717, 1.165) is 10.3 Å². The minimum atomic E-state index is -0.341. The standard InChI is InChI=1S/C19H15ClN4O3S/c1-11-9-15(27-23-11)18(25)24(10-12-5-7-21-8-6-12)19-22-16-14(26-2)4-3-13(20)17(16)28-19/h3-9H,10H2,1-2H3. The molecule has 142 valence electrons. The molecule has 0 spiro atoms. The second kappa shape index (κ2) is 7.57. The van der Waals surface area contributed by atoms with Gasteiger partial charge in [-0.05, 0) is 36.8 Å². The van der Waals surface area contributed by atoms with Crippen LogP contribution in [0.5, 0.6) is 5.75 Å². The predicted octanol–water partition coefficient (Wildman–Crippen LogP) is 4.50. The Kier molecular flexibility index (Phi) is 4.97. The van der Waals surface area contributed by atoms with Gasteiger partial charge in [-0.3, -0.25) is 14.7 Å². The van der Waals surface area contributed by atoms with Gasteiger partial charge in [0.05, 0.1) is 29.1 Å². The molecule has 0 unspecified atom stereocenters. The number of hydrogen-bond donors (Lipinski definition) is 0. The first-order chi connectivity index (χ1) is 13.6. The van der Waals surface area contributed by atoms with Gasteiger partial charge in [-0.15, -0.1) is 0 Å². The summed E-state index contributed by atoms with van der Waals surface area (Å²) in [6.07, 6.45) is 3.35. The van der Waals surface area contributed by atoms with Crippen LogP contribution in [-0.2, 0) is 6.54 Å². The van der Waals surface area contributed by atoms with Crippen molar-refractivity contribution in [2.45, 2.75) is 13.5 Å². The lowest BCUT2D eigenvalue weighted by atomic mass is 10.2. The van der Waals surface area contributed by atoms with Crippen molar-refractivity contribution in [3.05, 3.63) is 64.8 Å². The van der Waals surface area contributed by atoms with Crippen molar-refractivity contribution in [2.24, 2.45) is 0 Å². The van der Waals surface area contributed by atoms with Crippen LogP contribution in [0.1, 0.15) is 21.8 Å². The fraction of sp³-hybridized carbons (Fsp3) is 0.158. The number of benzene rings is 1. The second-order valence-corrected chi connectivity index (χ2v) is 7.39. The van der Waals surface area contributed by atoms with Gasteiger partial charge in [-0.1, -0.05) is 28.1 Å². The maximum absolute atomic E-state index is 13.2. The van der Waals surface area contributed by atoms with Crippen LogP contribution in [0.2, 0.25) is 5.02 Å². The zero-order chi connectivity index (χ0) is 19.7. The van der Waals surface area contributed by atoms with Crippen molar-refractivity contribution in [2.75, 3.05) is 12.0 Å². The molecule has 0 aliphatic heterocycles. The largest absolute Gasteiger partial charge is 0.494 e. The molecule has 0 atom stereocenters. The van der Waals surface area contributed by atoms with Crippen LogP contribution in [0.15, 0.2) is 47.2 Å². The Morgan fingerprint density at radius 2 is 2.07 bits per heavy atom. The van der Waals surface area contributed by atoms with E-state index in [1.165, 1.54) is 16.2 Å². The first kappa shape index (κ1) is 18.4. The van der Waals surface area contributed by atoms with E-state index in [1.807, 2.05) is 12.1 Å². The zero-order valence-corrected chi connectivity index (χ0v) is 16.6. The molecular formula is C19H15ClN4O3S. The Labute approximate surface area is 169 Å². The number of carbonyl (C=O) groups excluding carboxylic acids is 1. The first-order valence-corrected chi connectivity index (χ1v) is 9.53. The number of anilines is 1. The summed E-state index contributed by atoms with van der Waals surface area (Å²) in [5, 5.41) is 4.85. The number of hydrogen-bond acceptors (Lipinski definition) is 7. The lowest BCUT2D eigenvalue weighted by molar-refractivity contribution is 0.0949. The number of amides is 1. The molecule has 0 fully saturated rings. The van der Waals surface area contributed by atoms with E-state index >= 15 is 0 Å². The Morgan fingerprint density at radius 3 is 2.75 bits per heavy atom. The summed E-state index contributed by atoms with van der Waals surface area (Å²) in [5.74, 6) is 0.393. The lowest BCUT2D eigenvalue weighted by Crippen LogP contribution is -2.30. The molecule has 28 heavy (non-hydrogen) atoms. The third-order valence-electron chi connectivity index (χ3n) is 4.07. The molecule has 4 rings (SSSR count). The summed E-state index contributed by atoms with van der Waals surface area (Å²) in [6, 6.07) is 8.78. The molecule has 0 aliphatic rings. The van der Waals surface area contributed by atoms with Crippen LogP contribution in [0.3, 0.4) is 0 Å². The quantitative estimate of drug-likeness (QED) is 0.478. The van der Waals surface area contributed by atoms with Gasteiger partial charge in [0.25, 0.3) is 5.91 Å². The Morgan fingerprint density at radius 1 is 1.29 bits per heavy atom. The molecule has 3 heterocycles. The molecule has 0 saturated carbocycles. The molecule has 0 aliphatic carbocycles. The van der Waals surface area contributed by atoms with E-state index in [-0.39, 0.29) is 11.7 Å². The maximum atomic E-state index is 13.2. The van der Waals surface area contributed by atoms with Crippen LogP contribution >= 0.6 is 22.9 Å². The highest BCUT2D eigenvalue weighted by molar-refractivity contribution is 7.23. The number of carbonyl (C=O) groups is 1. The monoisotopic (exact) mass is 414 g/mol. The SMILES string of the molecule is COc1ccc(Cl)c2sc(N(Cc3ccncc3)C(=O)c3cc(C)no3)nc12. The van der Waals surface area contributed by atoms with Crippen LogP contribution in [-0.4, -0.2) is 28.1 Å². The van der Waals surface area contributed by atoms with Crippen LogP contribution in [0, 0.1) is 6.92 Å². The molecule has 3 aromatic heterocycles. The van der Waals surface area contributed by atoms with Crippen molar-refractivity contribution in [1.29, 1.82) is 0 Å². The molecule has 0 bridgehead atoms. The number of aryl methyl sites for hydroxylation is 1. The number of rotatable bonds is 5. The molecule has 1 aromatic carbocycles. The molecule has 1 amide bonds. The van der Waals surface area contributed by atoms with Gasteiger partial charge in [0.15, 0.2) is 5.13 Å². The average Bonchev–Trinajstić information content (AvgIpc) is 3.34. The highest BCUT2D eigenvalue weighted by atomic mass is 35.5. The van der Waals surface area contributed by atoms with Crippen molar-refractivity contribution in [1.82, 2.24) is 15.1 Å². The number of nitrogens with zero attached hydrogens (tertiary/aromatic N) is 4. The van der Waals surface area contributed by atoms with E-state index in [4.69, 9.17) is 20.9 Å². The van der Waals surface area contributed by atoms with E-state index in [9.17, 15) is 4.79 Å². The third-order valence-corrected chi connectivity index (χ3v) is 5.61. The van der Waals surface area contributed by atoms with Gasteiger partial charge in [0.2, 0.25) is 5.76 Å². The number of fused-ring (bicyclic) bond motifs is 1. The van der Waals surface area contributed by atoms with Crippen molar-refractivity contribution in [3.8, 4) is 5.75 Å². The molecule has 0 saturated heterocycles. The normalized spacial score (nSPS) is 11.0. The summed E-state index contributed by atoms with van der Waals surface area (Å²) < 4.78 is 11.3. The van der Waals surface area contributed by atoms with Crippen LogP contribution < -0.4 is 9.64 Å². The van der Waals surface area contributed by atoms with Crippen molar-refractivity contribution < 1.29 is 14.1 Å². The molecule has 9 heteroatoms. The molecule has 4 aromatic rings. The summed E-state index contributed by atoms with van der Waals surface area (Å²) in [5.41, 5.74) is 2.13. The Bertz CT molecular complexity index is 1140. The van der Waals surface area contributed by atoms with Crippen molar-refractivity contribution in [3.63, 3.8) is 0 Å². The fourth-order valence-electron chi connectivity index (χ4n) is 2.72. The van der Waals surface area contributed by atoms with Gasteiger partial charge < -0.3 is 9.26 Å². The van der Waals surface area contributed by atoms with Crippen LogP contribution in [0.25, 0.3) is 10.2 Å². The number of thiazole rings is 1. The topological polar surface area (TPSA) is 81.4 Å². The first-order valence-electron chi connectivity index (χ1n) is 8.34. The van der Waals surface area contributed by atoms with Gasteiger partial charge in [-0.25, -0.2) is 4.98 Å². The minimum Gasteiger partial charge on any atom is -0.494 e. The van der Waals surface area contributed by atoms with E-state index < -0.39 is 0 Å². The third kappa shape index (κ3) is 3.44. The summed E-state index contributed by atoms with van der Waals surface area (Å²) in [7, 11) is 1.57. The molecule has 0 radical (unpaired) electrons. The summed E-state index contributed by atoms with van der Waals surface area (Å²) in [6.45, 7) is 2.05. The summed E-state index contributed by atoms with van der Waals surface area (Å²) >= 11 is 7.65. The number of pyridine rings is 1. The zero-order valence-electron chi connectivity index (χ0n) is 15.0. The number of methoxy groups -OCH3 is 1.